The molecule has 192 valence electrons. The normalized spacial score (nSPS) is 12.3. The van der Waals surface area contributed by atoms with Gasteiger partial charge in [0.05, 0.1) is 17.8 Å². The molecular weight excluding hydrogens is 505 g/mol. The zero-order valence-corrected chi connectivity index (χ0v) is 19.5. The van der Waals surface area contributed by atoms with Crippen molar-refractivity contribution in [3.8, 4) is 17.0 Å². The van der Waals surface area contributed by atoms with Crippen molar-refractivity contribution in [2.45, 2.75) is 19.3 Å². The molecule has 1 aromatic heterocycles. The minimum atomic E-state index is -2.30. The number of carbonyl (C=O) groups is 1. The van der Waals surface area contributed by atoms with Crippen molar-refractivity contribution in [3.05, 3.63) is 106 Å². The van der Waals surface area contributed by atoms with Gasteiger partial charge in [-0.15, -0.1) is 0 Å². The van der Waals surface area contributed by atoms with Crippen molar-refractivity contribution in [1.29, 1.82) is 0 Å². The van der Waals surface area contributed by atoms with E-state index in [-0.39, 0.29) is 17.3 Å². The highest BCUT2D eigenvalue weighted by Gasteiger charge is 2.28. The number of hydrogen-bond donors (Lipinski definition) is 2. The average molecular weight is 523 g/mol. The first-order valence-electron chi connectivity index (χ1n) is 11.5. The summed E-state index contributed by atoms with van der Waals surface area (Å²) in [6.45, 7) is 0. The van der Waals surface area contributed by atoms with Crippen LogP contribution in [0.1, 0.15) is 28.1 Å². The molecule has 2 N–H and O–H groups in total. The number of phenolic OH excluding ortho intramolecular Hbond substituents is 1. The third-order valence-electron chi connectivity index (χ3n) is 6.10. The van der Waals surface area contributed by atoms with Crippen molar-refractivity contribution in [2.24, 2.45) is 0 Å². The number of aryl methyl sites for hydroxylation is 2. The number of nitrogens with zero attached hydrogens (tertiary/aromatic N) is 2. The Labute approximate surface area is 213 Å². The molecule has 1 aliphatic rings. The van der Waals surface area contributed by atoms with E-state index < -0.39 is 47.0 Å². The van der Waals surface area contributed by atoms with Gasteiger partial charge in [-0.2, -0.15) is 0 Å². The van der Waals surface area contributed by atoms with E-state index in [1.54, 1.807) is 24.3 Å². The van der Waals surface area contributed by atoms with Crippen LogP contribution in [0.15, 0.2) is 48.5 Å². The third-order valence-corrected chi connectivity index (χ3v) is 6.10. The monoisotopic (exact) mass is 523 g/mol. The number of hydrogen-bond acceptors (Lipinski definition) is 4. The van der Waals surface area contributed by atoms with Gasteiger partial charge >= 0.3 is 0 Å². The van der Waals surface area contributed by atoms with Crippen LogP contribution in [-0.4, -0.2) is 21.0 Å². The molecule has 1 amide bonds. The molecule has 0 saturated carbocycles. The molecule has 1 heterocycles. The summed E-state index contributed by atoms with van der Waals surface area (Å²) in [7, 11) is 0. The largest absolute Gasteiger partial charge is 0.508 e. The SMILES string of the molecule is O=C(Cc1c(F)c(F)c(F)c(F)c1F)Nc1nc2c(nc1/C=C/c1ccccc1)-c1ccc(O)cc1CC2. The van der Waals surface area contributed by atoms with Crippen molar-refractivity contribution >= 4 is 23.9 Å². The lowest BCUT2D eigenvalue weighted by Crippen LogP contribution is -2.21. The molecule has 1 aliphatic carbocycles. The summed E-state index contributed by atoms with van der Waals surface area (Å²) in [5, 5.41) is 12.2. The fraction of sp³-hybridized carbons (Fsp3) is 0.107. The number of benzene rings is 3. The van der Waals surface area contributed by atoms with Crippen molar-refractivity contribution in [2.75, 3.05) is 5.32 Å². The van der Waals surface area contributed by atoms with E-state index in [1.807, 2.05) is 30.3 Å². The van der Waals surface area contributed by atoms with Gasteiger partial charge in [-0.1, -0.05) is 36.4 Å². The van der Waals surface area contributed by atoms with Crippen LogP contribution in [0.3, 0.4) is 0 Å². The summed E-state index contributed by atoms with van der Waals surface area (Å²) in [4.78, 5) is 21.9. The zero-order valence-electron chi connectivity index (χ0n) is 19.5. The standard InChI is InChI=1S/C28H18F5N3O2/c29-22-18(23(30)25(32)26(33)24(22)31)13-21(38)36-28-20(10-6-14-4-2-1-3-5-14)34-27-17-9-8-16(37)12-15(17)7-11-19(27)35-28/h1-6,8-10,12,37H,7,11,13H2,(H,35,36,38)/b10-6+. The molecule has 0 fully saturated rings. The molecule has 0 atom stereocenters. The number of anilines is 1. The molecule has 0 unspecified atom stereocenters. The number of rotatable bonds is 5. The average Bonchev–Trinajstić information content (AvgIpc) is 2.92. The molecule has 3 aromatic carbocycles. The van der Waals surface area contributed by atoms with Gasteiger partial charge in [0.15, 0.2) is 29.1 Å². The second kappa shape index (κ2) is 10.0. The highest BCUT2D eigenvalue weighted by atomic mass is 19.2. The minimum absolute atomic E-state index is 0.0352. The molecule has 10 heteroatoms. The second-order valence-electron chi connectivity index (χ2n) is 8.61. The number of phenols is 1. The molecule has 0 bridgehead atoms. The van der Waals surface area contributed by atoms with Crippen LogP contribution in [0.4, 0.5) is 27.8 Å². The zero-order chi connectivity index (χ0) is 27.0. The van der Waals surface area contributed by atoms with E-state index in [0.717, 1.165) is 16.7 Å². The second-order valence-corrected chi connectivity index (χ2v) is 8.61. The van der Waals surface area contributed by atoms with Gasteiger partial charge in [-0.25, -0.2) is 31.9 Å². The van der Waals surface area contributed by atoms with Crippen molar-refractivity contribution in [3.63, 3.8) is 0 Å². The smallest absolute Gasteiger partial charge is 0.230 e. The molecule has 0 saturated heterocycles. The van der Waals surface area contributed by atoms with Crippen LogP contribution < -0.4 is 5.32 Å². The van der Waals surface area contributed by atoms with E-state index in [4.69, 9.17) is 0 Å². The lowest BCUT2D eigenvalue weighted by molar-refractivity contribution is -0.115. The summed E-state index contributed by atoms with van der Waals surface area (Å²) in [6, 6.07) is 14.0. The first-order valence-corrected chi connectivity index (χ1v) is 11.5. The Morgan fingerprint density at radius 3 is 2.26 bits per heavy atom. The summed E-state index contributed by atoms with van der Waals surface area (Å²) in [6.07, 6.45) is 3.17. The quantitative estimate of drug-likeness (QED) is 0.191. The van der Waals surface area contributed by atoms with Crippen molar-refractivity contribution < 1.29 is 31.9 Å². The van der Waals surface area contributed by atoms with Crippen LogP contribution in [0, 0.1) is 29.1 Å². The van der Waals surface area contributed by atoms with Crippen LogP contribution in [0.25, 0.3) is 23.4 Å². The third kappa shape index (κ3) is 4.72. The predicted octanol–water partition coefficient (Wildman–Crippen LogP) is 5.99. The first kappa shape index (κ1) is 25.1. The Kier molecular flexibility index (Phi) is 6.62. The predicted molar refractivity (Wildman–Crippen MR) is 130 cm³/mol. The van der Waals surface area contributed by atoms with Gasteiger partial charge in [0.25, 0.3) is 0 Å². The summed E-state index contributed by atoms with van der Waals surface area (Å²) in [5.41, 5.74) is 2.47. The Bertz CT molecular complexity index is 1580. The van der Waals surface area contributed by atoms with E-state index in [1.165, 1.54) is 6.07 Å². The number of halogens is 5. The number of carbonyl (C=O) groups excluding carboxylic acids is 1. The van der Waals surface area contributed by atoms with Gasteiger partial charge < -0.3 is 10.4 Å². The molecule has 0 radical (unpaired) electrons. The lowest BCUT2D eigenvalue weighted by atomic mass is 9.91. The number of nitrogens with one attached hydrogen (secondary N) is 1. The Balaban J connectivity index is 1.53. The maximum Gasteiger partial charge on any atom is 0.230 e. The Morgan fingerprint density at radius 2 is 1.55 bits per heavy atom. The number of aromatic nitrogens is 2. The van der Waals surface area contributed by atoms with Crippen LogP contribution in [0.5, 0.6) is 5.75 Å². The van der Waals surface area contributed by atoms with Crippen LogP contribution in [0.2, 0.25) is 0 Å². The number of amides is 1. The lowest BCUT2D eigenvalue weighted by Gasteiger charge is -2.20. The molecule has 5 nitrogen and oxygen atoms in total. The fourth-order valence-corrected chi connectivity index (χ4v) is 4.23. The Morgan fingerprint density at radius 1 is 0.868 bits per heavy atom. The van der Waals surface area contributed by atoms with Gasteiger partial charge in [-0.3, -0.25) is 4.79 Å². The summed E-state index contributed by atoms with van der Waals surface area (Å²) >= 11 is 0. The fourth-order valence-electron chi connectivity index (χ4n) is 4.23. The topological polar surface area (TPSA) is 75.1 Å². The van der Waals surface area contributed by atoms with Gasteiger partial charge in [0.2, 0.25) is 11.7 Å². The minimum Gasteiger partial charge on any atom is -0.508 e. The molecule has 0 aliphatic heterocycles. The maximum absolute atomic E-state index is 14.1. The van der Waals surface area contributed by atoms with E-state index in [9.17, 15) is 31.9 Å². The Hall–Kier alpha value is -4.60. The molecule has 0 spiro atoms. The highest BCUT2D eigenvalue weighted by Crippen LogP contribution is 2.35. The van der Waals surface area contributed by atoms with Gasteiger partial charge in [0, 0.05) is 11.1 Å². The van der Waals surface area contributed by atoms with Crippen LogP contribution >= 0.6 is 0 Å². The van der Waals surface area contributed by atoms with Crippen LogP contribution in [-0.2, 0) is 24.1 Å². The molecule has 38 heavy (non-hydrogen) atoms. The van der Waals surface area contributed by atoms with Gasteiger partial charge in [-0.05, 0) is 48.2 Å². The molecule has 5 rings (SSSR count). The summed E-state index contributed by atoms with van der Waals surface area (Å²) in [5.74, 6) is -11.7. The number of aromatic hydroxyl groups is 1. The van der Waals surface area contributed by atoms with E-state index in [2.05, 4.69) is 15.3 Å². The molecular formula is C28H18F5N3O2. The summed E-state index contributed by atoms with van der Waals surface area (Å²) < 4.78 is 68.8. The highest BCUT2D eigenvalue weighted by molar-refractivity contribution is 5.94. The molecule has 4 aromatic rings. The number of fused-ring (bicyclic) bond motifs is 3. The van der Waals surface area contributed by atoms with Gasteiger partial charge in [0.1, 0.15) is 11.4 Å². The van der Waals surface area contributed by atoms with E-state index >= 15 is 0 Å². The maximum atomic E-state index is 14.1. The first-order chi connectivity index (χ1) is 18.2. The van der Waals surface area contributed by atoms with E-state index in [0.29, 0.717) is 24.2 Å². The van der Waals surface area contributed by atoms with Crippen molar-refractivity contribution in [1.82, 2.24) is 9.97 Å².